The zero-order valence-corrected chi connectivity index (χ0v) is 18.2. The maximum absolute atomic E-state index is 5.54. The Morgan fingerprint density at radius 3 is 2.93 bits per heavy atom. The molecule has 3 rings (SSSR count). The maximum Gasteiger partial charge on any atom is 0.213 e. The molecule has 1 aromatic carbocycles. The van der Waals surface area contributed by atoms with E-state index in [0.29, 0.717) is 25.1 Å². The van der Waals surface area contributed by atoms with E-state index in [0.717, 1.165) is 49.6 Å². The molecule has 30 heavy (non-hydrogen) atoms. The predicted octanol–water partition coefficient (Wildman–Crippen LogP) is 3.21. The number of anilines is 1. The van der Waals surface area contributed by atoms with Crippen molar-refractivity contribution in [1.29, 1.82) is 0 Å². The molecule has 0 radical (unpaired) electrons. The van der Waals surface area contributed by atoms with Gasteiger partial charge in [-0.2, -0.15) is 0 Å². The average molecular weight is 412 g/mol. The summed E-state index contributed by atoms with van der Waals surface area (Å²) in [6, 6.07) is 12.5. The predicted molar refractivity (Wildman–Crippen MR) is 122 cm³/mol. The number of benzene rings is 1. The number of nitrogens with zero attached hydrogens (tertiary/aromatic N) is 3. The zero-order chi connectivity index (χ0) is 21.2. The highest BCUT2D eigenvalue weighted by atomic mass is 16.5. The molecule has 0 spiro atoms. The van der Waals surface area contributed by atoms with E-state index in [1.165, 1.54) is 5.69 Å². The SMILES string of the molecule is CCCOc1ccc(CNC(=NC)NC2CCCN(c3cccc(OC)c3)C2)cn1. The summed E-state index contributed by atoms with van der Waals surface area (Å²) in [7, 11) is 3.51. The van der Waals surface area contributed by atoms with E-state index in [-0.39, 0.29) is 0 Å². The van der Waals surface area contributed by atoms with Gasteiger partial charge in [-0.05, 0) is 37.0 Å². The number of guanidine groups is 1. The lowest BCUT2D eigenvalue weighted by Gasteiger charge is -2.35. The van der Waals surface area contributed by atoms with Crippen LogP contribution in [-0.2, 0) is 6.54 Å². The molecule has 0 bridgehead atoms. The van der Waals surface area contributed by atoms with Crippen molar-refractivity contribution < 1.29 is 9.47 Å². The topological polar surface area (TPSA) is 71.0 Å². The van der Waals surface area contributed by atoms with Gasteiger partial charge in [-0.1, -0.05) is 19.1 Å². The van der Waals surface area contributed by atoms with Gasteiger partial charge in [0.05, 0.1) is 13.7 Å². The Bertz CT molecular complexity index is 809. The zero-order valence-electron chi connectivity index (χ0n) is 18.2. The van der Waals surface area contributed by atoms with Crippen LogP contribution in [0.25, 0.3) is 0 Å². The highest BCUT2D eigenvalue weighted by molar-refractivity contribution is 5.80. The molecule has 1 saturated heterocycles. The number of methoxy groups -OCH3 is 1. The first kappa shape index (κ1) is 21.7. The first-order valence-corrected chi connectivity index (χ1v) is 10.7. The number of nitrogens with one attached hydrogen (secondary N) is 2. The van der Waals surface area contributed by atoms with Gasteiger partial charge in [0, 0.05) is 56.7 Å². The minimum absolute atomic E-state index is 0.332. The monoisotopic (exact) mass is 411 g/mol. The number of ether oxygens (including phenoxy) is 2. The summed E-state index contributed by atoms with van der Waals surface area (Å²) in [5, 5.41) is 6.95. The van der Waals surface area contributed by atoms with Gasteiger partial charge in [-0.3, -0.25) is 4.99 Å². The van der Waals surface area contributed by atoms with E-state index >= 15 is 0 Å². The van der Waals surface area contributed by atoms with Gasteiger partial charge in [0.25, 0.3) is 0 Å². The number of hydrogen-bond acceptors (Lipinski definition) is 5. The van der Waals surface area contributed by atoms with Crippen LogP contribution in [0.3, 0.4) is 0 Å². The van der Waals surface area contributed by atoms with E-state index in [2.05, 4.69) is 44.6 Å². The van der Waals surface area contributed by atoms with Crippen molar-refractivity contribution in [2.24, 2.45) is 4.99 Å². The number of pyridine rings is 1. The Morgan fingerprint density at radius 2 is 2.20 bits per heavy atom. The third-order valence-electron chi connectivity index (χ3n) is 5.12. The number of aromatic nitrogens is 1. The maximum atomic E-state index is 5.54. The van der Waals surface area contributed by atoms with Gasteiger partial charge in [-0.15, -0.1) is 0 Å². The molecule has 2 aromatic rings. The van der Waals surface area contributed by atoms with Gasteiger partial charge in [0.1, 0.15) is 5.75 Å². The Labute approximate surface area is 179 Å². The summed E-state index contributed by atoms with van der Waals surface area (Å²) in [6.07, 6.45) is 5.07. The van der Waals surface area contributed by atoms with E-state index in [4.69, 9.17) is 9.47 Å². The summed E-state index contributed by atoms with van der Waals surface area (Å²) < 4.78 is 10.9. The molecule has 0 amide bonds. The van der Waals surface area contributed by atoms with Gasteiger partial charge >= 0.3 is 0 Å². The molecule has 0 aliphatic carbocycles. The van der Waals surface area contributed by atoms with E-state index in [9.17, 15) is 0 Å². The van der Waals surface area contributed by atoms with Crippen molar-refractivity contribution in [3.63, 3.8) is 0 Å². The van der Waals surface area contributed by atoms with Crippen molar-refractivity contribution in [2.45, 2.75) is 38.8 Å². The summed E-state index contributed by atoms with van der Waals surface area (Å²) in [6.45, 7) is 5.41. The van der Waals surface area contributed by atoms with E-state index < -0.39 is 0 Å². The van der Waals surface area contributed by atoms with Crippen molar-refractivity contribution in [3.05, 3.63) is 48.2 Å². The smallest absolute Gasteiger partial charge is 0.213 e. The molecule has 1 aromatic heterocycles. The summed E-state index contributed by atoms with van der Waals surface area (Å²) in [5.41, 5.74) is 2.28. The molecule has 162 valence electrons. The molecule has 0 saturated carbocycles. The number of rotatable bonds is 8. The molecule has 1 aliphatic heterocycles. The van der Waals surface area contributed by atoms with Crippen LogP contribution in [0.15, 0.2) is 47.6 Å². The lowest BCUT2D eigenvalue weighted by Crippen LogP contribution is -2.51. The van der Waals surface area contributed by atoms with Crippen molar-refractivity contribution in [3.8, 4) is 11.6 Å². The normalized spacial score (nSPS) is 16.8. The standard InChI is InChI=1S/C23H33N5O2/c1-4-13-30-22-11-10-18(15-25-22)16-26-23(24-2)27-19-7-6-12-28(17-19)20-8-5-9-21(14-20)29-3/h5,8-11,14-15,19H,4,6-7,12-13,16-17H2,1-3H3,(H2,24,26,27). The minimum Gasteiger partial charge on any atom is -0.497 e. The summed E-state index contributed by atoms with van der Waals surface area (Å²) in [5.74, 6) is 2.36. The van der Waals surface area contributed by atoms with E-state index in [1.807, 2.05) is 30.5 Å². The molecule has 1 atom stereocenters. The third-order valence-corrected chi connectivity index (χ3v) is 5.12. The summed E-state index contributed by atoms with van der Waals surface area (Å²) >= 11 is 0. The van der Waals surface area contributed by atoms with Crippen LogP contribution < -0.4 is 25.0 Å². The molecule has 7 heteroatoms. The fourth-order valence-electron chi connectivity index (χ4n) is 3.52. The molecule has 1 aliphatic rings. The number of piperidine rings is 1. The second-order valence-corrected chi connectivity index (χ2v) is 7.41. The quantitative estimate of drug-likeness (QED) is 0.513. The fourth-order valence-corrected chi connectivity index (χ4v) is 3.52. The molecule has 1 unspecified atom stereocenters. The molecular formula is C23H33N5O2. The fraction of sp³-hybridized carbons (Fsp3) is 0.478. The molecule has 7 nitrogen and oxygen atoms in total. The Morgan fingerprint density at radius 1 is 1.30 bits per heavy atom. The van der Waals surface area contributed by atoms with Crippen LogP contribution in [0.2, 0.25) is 0 Å². The van der Waals surface area contributed by atoms with Crippen molar-refractivity contribution in [1.82, 2.24) is 15.6 Å². The third kappa shape index (κ3) is 6.27. The van der Waals surface area contributed by atoms with Gasteiger partial charge in [-0.25, -0.2) is 4.98 Å². The molecule has 2 heterocycles. The van der Waals surface area contributed by atoms with Crippen LogP contribution in [0.1, 0.15) is 31.7 Å². The molecule has 2 N–H and O–H groups in total. The van der Waals surface area contributed by atoms with Gasteiger partial charge in [0.15, 0.2) is 5.96 Å². The van der Waals surface area contributed by atoms with Crippen LogP contribution in [0, 0.1) is 0 Å². The summed E-state index contributed by atoms with van der Waals surface area (Å²) in [4.78, 5) is 11.1. The van der Waals surface area contributed by atoms with Crippen LogP contribution in [0.5, 0.6) is 11.6 Å². The lowest BCUT2D eigenvalue weighted by atomic mass is 10.0. The van der Waals surface area contributed by atoms with Crippen molar-refractivity contribution >= 4 is 11.6 Å². The Kier molecular flexibility index (Phi) is 8.18. The average Bonchev–Trinajstić information content (AvgIpc) is 2.81. The number of hydrogen-bond donors (Lipinski definition) is 2. The van der Waals surface area contributed by atoms with Crippen LogP contribution in [0.4, 0.5) is 5.69 Å². The largest absolute Gasteiger partial charge is 0.497 e. The van der Waals surface area contributed by atoms with Gasteiger partial charge in [0.2, 0.25) is 5.88 Å². The lowest BCUT2D eigenvalue weighted by molar-refractivity contribution is 0.305. The Hall–Kier alpha value is -2.96. The van der Waals surface area contributed by atoms with Gasteiger partial charge < -0.3 is 25.0 Å². The van der Waals surface area contributed by atoms with Crippen LogP contribution >= 0.6 is 0 Å². The molecular weight excluding hydrogens is 378 g/mol. The van der Waals surface area contributed by atoms with Crippen molar-refractivity contribution in [2.75, 3.05) is 38.8 Å². The highest BCUT2D eigenvalue weighted by Gasteiger charge is 2.21. The van der Waals surface area contributed by atoms with E-state index in [1.54, 1.807) is 14.2 Å². The second kappa shape index (κ2) is 11.3. The molecule has 1 fully saturated rings. The highest BCUT2D eigenvalue weighted by Crippen LogP contribution is 2.24. The number of aliphatic imine (C=N–C) groups is 1. The minimum atomic E-state index is 0.332. The second-order valence-electron chi connectivity index (χ2n) is 7.41. The Balaban J connectivity index is 1.51. The first-order valence-electron chi connectivity index (χ1n) is 10.7. The van der Waals surface area contributed by atoms with Crippen LogP contribution in [-0.4, -0.2) is 50.8 Å². The first-order chi connectivity index (χ1) is 14.7.